The molecule has 0 aliphatic heterocycles. The fourth-order valence-electron chi connectivity index (χ4n) is 2.50. The average molecular weight is 436 g/mol. The summed E-state index contributed by atoms with van der Waals surface area (Å²) in [6.45, 7) is 8.60. The van der Waals surface area contributed by atoms with Crippen molar-refractivity contribution in [2.45, 2.75) is 38.6 Å². The van der Waals surface area contributed by atoms with Crippen LogP contribution in [0.25, 0.3) is 0 Å². The van der Waals surface area contributed by atoms with Crippen LogP contribution in [-0.4, -0.2) is 50.1 Å². The summed E-state index contributed by atoms with van der Waals surface area (Å²) < 4.78 is 0. The number of hydrogen-bond donors (Lipinski definition) is 2. The number of hydrogen-bond acceptors (Lipinski definition) is 3. The zero-order chi connectivity index (χ0) is 15.1. The molecule has 1 saturated carbocycles. The van der Waals surface area contributed by atoms with Crippen LogP contribution in [0.15, 0.2) is 21.8 Å². The SMILES string of the molecule is CCN(CCNC(=NC)NCC(C)c1ccsc1)C1CC1.I. The predicted octanol–water partition coefficient (Wildman–Crippen LogP) is 3.12. The summed E-state index contributed by atoms with van der Waals surface area (Å²) in [5.41, 5.74) is 1.40. The van der Waals surface area contributed by atoms with Crippen LogP contribution in [0, 0.1) is 0 Å². The van der Waals surface area contributed by atoms with E-state index in [1.165, 1.54) is 18.4 Å². The predicted molar refractivity (Wildman–Crippen MR) is 108 cm³/mol. The standard InChI is InChI=1S/C16H28N4S.HI/c1-4-20(15-5-6-15)9-8-18-16(17-3)19-11-13(2)14-7-10-21-12-14;/h7,10,12-13,15H,4-6,8-9,11H2,1-3H3,(H2,17,18,19);1H. The zero-order valence-corrected chi connectivity index (χ0v) is 17.0. The molecule has 1 aliphatic carbocycles. The van der Waals surface area contributed by atoms with E-state index in [0.717, 1.165) is 38.2 Å². The highest BCUT2D eigenvalue weighted by atomic mass is 127. The van der Waals surface area contributed by atoms with Gasteiger partial charge in [0.05, 0.1) is 0 Å². The van der Waals surface area contributed by atoms with Crippen LogP contribution in [0.2, 0.25) is 0 Å². The van der Waals surface area contributed by atoms with Crippen molar-refractivity contribution in [3.8, 4) is 0 Å². The number of halogens is 1. The van der Waals surface area contributed by atoms with Gasteiger partial charge in [-0.1, -0.05) is 13.8 Å². The maximum Gasteiger partial charge on any atom is 0.191 e. The molecule has 0 radical (unpaired) electrons. The monoisotopic (exact) mass is 436 g/mol. The molecule has 1 aromatic rings. The lowest BCUT2D eigenvalue weighted by Crippen LogP contribution is -2.43. The maximum atomic E-state index is 4.30. The van der Waals surface area contributed by atoms with Crippen molar-refractivity contribution < 1.29 is 0 Å². The van der Waals surface area contributed by atoms with Crippen molar-refractivity contribution in [3.05, 3.63) is 22.4 Å². The van der Waals surface area contributed by atoms with Gasteiger partial charge in [-0.3, -0.25) is 9.89 Å². The third-order valence-corrected chi connectivity index (χ3v) is 4.77. The Morgan fingerprint density at radius 3 is 2.77 bits per heavy atom. The summed E-state index contributed by atoms with van der Waals surface area (Å²) in [6, 6.07) is 3.03. The first-order valence-electron chi connectivity index (χ1n) is 7.95. The Labute approximate surface area is 155 Å². The summed E-state index contributed by atoms with van der Waals surface area (Å²) in [6.07, 6.45) is 2.75. The van der Waals surface area contributed by atoms with Crippen LogP contribution in [0.1, 0.15) is 38.2 Å². The number of aliphatic imine (C=N–C) groups is 1. The molecule has 4 nitrogen and oxygen atoms in total. The molecule has 1 fully saturated rings. The molecule has 2 N–H and O–H groups in total. The minimum atomic E-state index is 0. The molecule has 2 rings (SSSR count). The zero-order valence-electron chi connectivity index (χ0n) is 13.8. The van der Waals surface area contributed by atoms with Crippen molar-refractivity contribution in [2.24, 2.45) is 4.99 Å². The average Bonchev–Trinajstić information content (AvgIpc) is 3.19. The van der Waals surface area contributed by atoms with Crippen LogP contribution in [0.5, 0.6) is 0 Å². The van der Waals surface area contributed by atoms with Gasteiger partial charge in [0.25, 0.3) is 0 Å². The van der Waals surface area contributed by atoms with E-state index in [9.17, 15) is 0 Å². The van der Waals surface area contributed by atoms with Crippen LogP contribution < -0.4 is 10.6 Å². The molecule has 1 atom stereocenters. The number of likely N-dealkylation sites (N-methyl/N-ethyl adjacent to an activating group) is 1. The van der Waals surface area contributed by atoms with Gasteiger partial charge in [-0.25, -0.2) is 0 Å². The van der Waals surface area contributed by atoms with E-state index >= 15 is 0 Å². The molecular formula is C16H29IN4S. The van der Waals surface area contributed by atoms with E-state index in [0.29, 0.717) is 5.92 Å². The summed E-state index contributed by atoms with van der Waals surface area (Å²) >= 11 is 1.76. The Morgan fingerprint density at radius 2 is 2.23 bits per heavy atom. The van der Waals surface area contributed by atoms with Gasteiger partial charge in [0.2, 0.25) is 0 Å². The van der Waals surface area contributed by atoms with Crippen molar-refractivity contribution in [1.29, 1.82) is 0 Å². The Balaban J connectivity index is 0.00000242. The van der Waals surface area contributed by atoms with Gasteiger partial charge in [0.1, 0.15) is 0 Å². The Bertz CT molecular complexity index is 431. The molecule has 1 aliphatic rings. The lowest BCUT2D eigenvalue weighted by molar-refractivity contribution is 0.282. The molecule has 22 heavy (non-hydrogen) atoms. The van der Waals surface area contributed by atoms with Crippen molar-refractivity contribution >= 4 is 41.3 Å². The van der Waals surface area contributed by atoms with E-state index < -0.39 is 0 Å². The van der Waals surface area contributed by atoms with Crippen LogP contribution in [0.4, 0.5) is 0 Å². The lowest BCUT2D eigenvalue weighted by atomic mass is 10.1. The first-order chi connectivity index (χ1) is 10.2. The minimum Gasteiger partial charge on any atom is -0.356 e. The summed E-state index contributed by atoms with van der Waals surface area (Å²) in [7, 11) is 1.84. The second kappa shape index (κ2) is 10.4. The second-order valence-corrected chi connectivity index (χ2v) is 6.48. The smallest absolute Gasteiger partial charge is 0.191 e. The maximum absolute atomic E-state index is 4.30. The molecule has 0 bridgehead atoms. The first kappa shape index (κ1) is 19.7. The topological polar surface area (TPSA) is 39.7 Å². The van der Waals surface area contributed by atoms with E-state index in [1.807, 2.05) is 7.05 Å². The van der Waals surface area contributed by atoms with Gasteiger partial charge in [-0.2, -0.15) is 11.3 Å². The second-order valence-electron chi connectivity index (χ2n) is 5.70. The molecule has 0 saturated heterocycles. The van der Waals surface area contributed by atoms with Crippen LogP contribution in [-0.2, 0) is 0 Å². The molecule has 0 spiro atoms. The first-order valence-corrected chi connectivity index (χ1v) is 8.89. The summed E-state index contributed by atoms with van der Waals surface area (Å²) in [4.78, 5) is 6.85. The summed E-state index contributed by atoms with van der Waals surface area (Å²) in [5, 5.41) is 11.2. The third kappa shape index (κ3) is 6.42. The number of rotatable bonds is 8. The molecular weight excluding hydrogens is 407 g/mol. The van der Waals surface area contributed by atoms with Crippen LogP contribution >= 0.6 is 35.3 Å². The summed E-state index contributed by atoms with van der Waals surface area (Å²) in [5.74, 6) is 1.41. The molecule has 1 heterocycles. The quantitative estimate of drug-likeness (QED) is 0.374. The van der Waals surface area contributed by atoms with E-state index in [1.54, 1.807) is 11.3 Å². The number of nitrogens with one attached hydrogen (secondary N) is 2. The van der Waals surface area contributed by atoms with Gasteiger partial charge in [-0.15, -0.1) is 24.0 Å². The number of guanidine groups is 1. The van der Waals surface area contributed by atoms with E-state index in [-0.39, 0.29) is 24.0 Å². The highest BCUT2D eigenvalue weighted by Crippen LogP contribution is 2.25. The highest BCUT2D eigenvalue weighted by molar-refractivity contribution is 14.0. The van der Waals surface area contributed by atoms with E-state index in [4.69, 9.17) is 0 Å². The van der Waals surface area contributed by atoms with Gasteiger partial charge >= 0.3 is 0 Å². The van der Waals surface area contributed by atoms with Gasteiger partial charge in [-0.05, 0) is 47.7 Å². The lowest BCUT2D eigenvalue weighted by Gasteiger charge is -2.21. The largest absolute Gasteiger partial charge is 0.356 e. The molecule has 1 aromatic heterocycles. The number of thiophene rings is 1. The minimum absolute atomic E-state index is 0. The Hall–Kier alpha value is -0.340. The molecule has 1 unspecified atom stereocenters. The number of nitrogens with zero attached hydrogens (tertiary/aromatic N) is 2. The third-order valence-electron chi connectivity index (χ3n) is 4.07. The Kier molecular flexibility index (Phi) is 9.35. The Morgan fingerprint density at radius 1 is 1.45 bits per heavy atom. The molecule has 126 valence electrons. The molecule has 0 amide bonds. The van der Waals surface area contributed by atoms with Crippen molar-refractivity contribution in [2.75, 3.05) is 33.2 Å². The van der Waals surface area contributed by atoms with Gasteiger partial charge in [0.15, 0.2) is 5.96 Å². The van der Waals surface area contributed by atoms with Crippen LogP contribution in [0.3, 0.4) is 0 Å². The van der Waals surface area contributed by atoms with Crippen molar-refractivity contribution in [1.82, 2.24) is 15.5 Å². The molecule has 0 aromatic carbocycles. The fraction of sp³-hybridized carbons (Fsp3) is 0.688. The van der Waals surface area contributed by atoms with Gasteiger partial charge < -0.3 is 10.6 Å². The van der Waals surface area contributed by atoms with Gasteiger partial charge in [0, 0.05) is 32.7 Å². The molecule has 6 heteroatoms. The van der Waals surface area contributed by atoms with E-state index in [2.05, 4.69) is 51.2 Å². The van der Waals surface area contributed by atoms with Crippen molar-refractivity contribution in [3.63, 3.8) is 0 Å². The highest BCUT2D eigenvalue weighted by Gasteiger charge is 2.27. The fourth-order valence-corrected chi connectivity index (χ4v) is 3.28. The normalized spacial score (nSPS) is 16.3.